The zero-order valence-electron chi connectivity index (χ0n) is 7.58. The maximum Gasteiger partial charge on any atom is 0.267 e. The van der Waals surface area contributed by atoms with Crippen molar-refractivity contribution in [3.8, 4) is 0 Å². The molecule has 0 bridgehead atoms. The van der Waals surface area contributed by atoms with E-state index in [2.05, 4.69) is 9.97 Å². The number of hydrogen-bond donors (Lipinski definition) is 1. The number of carbonyl (C=O) groups is 1. The van der Waals surface area contributed by atoms with Gasteiger partial charge in [-0.1, -0.05) is 0 Å². The molecule has 80 valence electrons. The predicted octanol–water partition coefficient (Wildman–Crippen LogP) is 1.57. The standard InChI is InChI=1S/C9H7N3O.2ClH/c10-9(13)8-2-1-6-5-11-4-3-7(6)12-8;;/h1-5H,(H2,10,13);2*1H. The number of nitrogens with zero attached hydrogens (tertiary/aromatic N) is 2. The van der Waals surface area contributed by atoms with Crippen molar-refractivity contribution >= 4 is 41.6 Å². The summed E-state index contributed by atoms with van der Waals surface area (Å²) in [4.78, 5) is 18.8. The van der Waals surface area contributed by atoms with E-state index in [9.17, 15) is 4.79 Å². The third-order valence-electron chi connectivity index (χ3n) is 1.74. The number of fused-ring (bicyclic) bond motifs is 1. The van der Waals surface area contributed by atoms with E-state index in [1.54, 1.807) is 30.6 Å². The number of carbonyl (C=O) groups excluding carboxylic acids is 1. The van der Waals surface area contributed by atoms with Gasteiger partial charge in [0.05, 0.1) is 5.52 Å². The lowest BCUT2D eigenvalue weighted by molar-refractivity contribution is 0.0996. The lowest BCUT2D eigenvalue weighted by Crippen LogP contribution is -2.12. The van der Waals surface area contributed by atoms with Gasteiger partial charge in [-0.05, 0) is 18.2 Å². The van der Waals surface area contributed by atoms with Crippen LogP contribution >= 0.6 is 24.8 Å². The molecule has 2 aromatic heterocycles. The molecule has 4 nitrogen and oxygen atoms in total. The second-order valence-electron chi connectivity index (χ2n) is 2.63. The topological polar surface area (TPSA) is 68.9 Å². The third kappa shape index (κ3) is 2.78. The largest absolute Gasteiger partial charge is 0.364 e. The molecule has 0 fully saturated rings. The normalized spacial score (nSPS) is 8.80. The Balaban J connectivity index is 0.000000980. The first kappa shape index (κ1) is 13.6. The molecule has 2 N–H and O–H groups in total. The number of pyridine rings is 2. The Bertz CT molecular complexity index is 476. The van der Waals surface area contributed by atoms with Crippen molar-refractivity contribution in [2.45, 2.75) is 0 Å². The van der Waals surface area contributed by atoms with Crippen LogP contribution in [0.15, 0.2) is 30.6 Å². The van der Waals surface area contributed by atoms with Gasteiger partial charge in [-0.3, -0.25) is 9.78 Å². The molecule has 0 aliphatic rings. The highest BCUT2D eigenvalue weighted by Crippen LogP contribution is 2.09. The van der Waals surface area contributed by atoms with Crippen LogP contribution in [0.3, 0.4) is 0 Å². The molecule has 1 amide bonds. The average Bonchev–Trinajstić information content (AvgIpc) is 2.17. The van der Waals surface area contributed by atoms with E-state index in [0.717, 1.165) is 10.9 Å². The zero-order chi connectivity index (χ0) is 9.26. The van der Waals surface area contributed by atoms with Crippen LogP contribution in [0.2, 0.25) is 0 Å². The highest BCUT2D eigenvalue weighted by Gasteiger charge is 2.02. The van der Waals surface area contributed by atoms with E-state index in [1.807, 2.05) is 0 Å². The van der Waals surface area contributed by atoms with E-state index in [-0.39, 0.29) is 30.5 Å². The van der Waals surface area contributed by atoms with Gasteiger partial charge in [-0.2, -0.15) is 0 Å². The second kappa shape index (κ2) is 5.48. The summed E-state index contributed by atoms with van der Waals surface area (Å²) in [5.74, 6) is -0.515. The lowest BCUT2D eigenvalue weighted by Gasteiger charge is -1.97. The number of aromatic nitrogens is 2. The maximum absolute atomic E-state index is 10.8. The molecule has 0 saturated carbocycles. The van der Waals surface area contributed by atoms with Gasteiger partial charge >= 0.3 is 0 Å². The first-order valence-corrected chi connectivity index (χ1v) is 3.78. The summed E-state index contributed by atoms with van der Waals surface area (Å²) in [7, 11) is 0. The Hall–Kier alpha value is -1.39. The fraction of sp³-hybridized carbons (Fsp3) is 0. The van der Waals surface area contributed by atoms with Gasteiger partial charge in [0, 0.05) is 17.8 Å². The summed E-state index contributed by atoms with van der Waals surface area (Å²) in [6.07, 6.45) is 3.31. The van der Waals surface area contributed by atoms with Gasteiger partial charge < -0.3 is 5.73 Å². The fourth-order valence-electron chi connectivity index (χ4n) is 1.10. The minimum Gasteiger partial charge on any atom is -0.364 e. The molecule has 0 radical (unpaired) electrons. The number of rotatable bonds is 1. The Kier molecular flexibility index (Phi) is 4.97. The fourth-order valence-corrected chi connectivity index (χ4v) is 1.10. The van der Waals surface area contributed by atoms with Crippen molar-refractivity contribution in [2.75, 3.05) is 0 Å². The number of nitrogens with two attached hydrogens (primary N) is 1. The maximum atomic E-state index is 10.8. The number of hydrogen-bond acceptors (Lipinski definition) is 3. The summed E-state index contributed by atoms with van der Waals surface area (Å²) >= 11 is 0. The molecule has 0 saturated heterocycles. The predicted molar refractivity (Wildman–Crippen MR) is 62.6 cm³/mol. The van der Waals surface area contributed by atoms with Crippen LogP contribution in [0, 0.1) is 0 Å². The van der Waals surface area contributed by atoms with Gasteiger partial charge in [-0.15, -0.1) is 24.8 Å². The molecule has 0 aromatic carbocycles. The van der Waals surface area contributed by atoms with Crippen LogP contribution in [0.1, 0.15) is 10.5 Å². The first-order valence-electron chi connectivity index (χ1n) is 3.78. The first-order chi connectivity index (χ1) is 6.27. The van der Waals surface area contributed by atoms with Crippen molar-refractivity contribution in [3.63, 3.8) is 0 Å². The van der Waals surface area contributed by atoms with E-state index in [1.165, 1.54) is 0 Å². The molecule has 0 aliphatic heterocycles. The Morgan fingerprint density at radius 3 is 2.60 bits per heavy atom. The summed E-state index contributed by atoms with van der Waals surface area (Å²) in [5, 5.41) is 0.896. The van der Waals surface area contributed by atoms with Crippen LogP contribution in [0.4, 0.5) is 0 Å². The zero-order valence-corrected chi connectivity index (χ0v) is 9.22. The van der Waals surface area contributed by atoms with E-state index < -0.39 is 5.91 Å². The molecule has 2 heterocycles. The van der Waals surface area contributed by atoms with Crippen molar-refractivity contribution in [3.05, 3.63) is 36.3 Å². The van der Waals surface area contributed by atoms with Crippen molar-refractivity contribution in [1.29, 1.82) is 0 Å². The van der Waals surface area contributed by atoms with Crippen molar-refractivity contribution in [1.82, 2.24) is 9.97 Å². The Morgan fingerprint density at radius 1 is 1.20 bits per heavy atom. The summed E-state index contributed by atoms with van der Waals surface area (Å²) in [6, 6.07) is 5.10. The monoisotopic (exact) mass is 245 g/mol. The minimum atomic E-state index is -0.515. The van der Waals surface area contributed by atoms with Gasteiger partial charge in [0.15, 0.2) is 0 Å². The highest BCUT2D eigenvalue weighted by atomic mass is 35.5. The molecule has 0 atom stereocenters. The van der Waals surface area contributed by atoms with Crippen LogP contribution in [0.5, 0.6) is 0 Å². The quantitative estimate of drug-likeness (QED) is 0.830. The summed E-state index contributed by atoms with van der Waals surface area (Å²) < 4.78 is 0. The molecule has 0 spiro atoms. The van der Waals surface area contributed by atoms with Gasteiger partial charge in [0.25, 0.3) is 5.91 Å². The molecule has 2 rings (SSSR count). The smallest absolute Gasteiger partial charge is 0.267 e. The highest BCUT2D eigenvalue weighted by molar-refractivity contribution is 5.93. The average molecular weight is 246 g/mol. The molecule has 6 heteroatoms. The van der Waals surface area contributed by atoms with Gasteiger partial charge in [0.1, 0.15) is 5.69 Å². The van der Waals surface area contributed by atoms with Gasteiger partial charge in [-0.25, -0.2) is 4.98 Å². The molecule has 2 aromatic rings. The number of primary amides is 1. The number of amides is 1. The lowest BCUT2D eigenvalue weighted by atomic mass is 10.2. The summed E-state index contributed by atoms with van der Waals surface area (Å²) in [5.41, 5.74) is 6.09. The van der Waals surface area contributed by atoms with Gasteiger partial charge in [0.2, 0.25) is 0 Å². The van der Waals surface area contributed by atoms with E-state index in [4.69, 9.17) is 5.73 Å². The number of halogens is 2. The van der Waals surface area contributed by atoms with Crippen LogP contribution in [-0.4, -0.2) is 15.9 Å². The molecule has 0 aliphatic carbocycles. The Labute approximate surface area is 98.7 Å². The SMILES string of the molecule is Cl.Cl.NC(=O)c1ccc2cnccc2n1. The summed E-state index contributed by atoms with van der Waals surface area (Å²) in [6.45, 7) is 0. The van der Waals surface area contributed by atoms with E-state index in [0.29, 0.717) is 0 Å². The van der Waals surface area contributed by atoms with E-state index >= 15 is 0 Å². The van der Waals surface area contributed by atoms with Crippen molar-refractivity contribution in [2.24, 2.45) is 5.73 Å². The molecular weight excluding hydrogens is 237 g/mol. The Morgan fingerprint density at radius 2 is 1.93 bits per heavy atom. The van der Waals surface area contributed by atoms with Crippen LogP contribution in [0.25, 0.3) is 10.9 Å². The van der Waals surface area contributed by atoms with Crippen LogP contribution in [-0.2, 0) is 0 Å². The molecular formula is C9H9Cl2N3O. The molecule has 15 heavy (non-hydrogen) atoms. The third-order valence-corrected chi connectivity index (χ3v) is 1.74. The van der Waals surface area contributed by atoms with Crippen molar-refractivity contribution < 1.29 is 4.79 Å². The molecule has 0 unspecified atom stereocenters. The second-order valence-corrected chi connectivity index (χ2v) is 2.63. The van der Waals surface area contributed by atoms with Crippen LogP contribution < -0.4 is 5.73 Å². The minimum absolute atomic E-state index is 0.